The van der Waals surface area contributed by atoms with Gasteiger partial charge in [0.1, 0.15) is 5.82 Å². The molecular formula is C16H21N5OS2. The summed E-state index contributed by atoms with van der Waals surface area (Å²) in [6, 6.07) is 4.10. The van der Waals surface area contributed by atoms with Gasteiger partial charge in [-0.2, -0.15) is 28.5 Å². The number of nitrogens with zero attached hydrogens (tertiary/aromatic N) is 5. The van der Waals surface area contributed by atoms with Gasteiger partial charge >= 0.3 is 0 Å². The van der Waals surface area contributed by atoms with Crippen LogP contribution in [0.1, 0.15) is 5.89 Å². The molecule has 0 N–H and O–H groups in total. The lowest BCUT2D eigenvalue weighted by Crippen LogP contribution is -2.32. The molecule has 2 saturated heterocycles. The van der Waals surface area contributed by atoms with Gasteiger partial charge in [0, 0.05) is 61.0 Å². The average Bonchev–Trinajstić information content (AvgIpc) is 3.12. The summed E-state index contributed by atoms with van der Waals surface area (Å²) >= 11 is 4.01. The minimum atomic E-state index is 0.629. The first-order valence-electron chi connectivity index (χ1n) is 8.30. The third-order valence-corrected chi connectivity index (χ3v) is 6.16. The van der Waals surface area contributed by atoms with E-state index in [0.29, 0.717) is 11.7 Å². The second-order valence-corrected chi connectivity index (χ2v) is 8.35. The average molecular weight is 364 g/mol. The fourth-order valence-corrected chi connectivity index (χ4v) is 4.77. The van der Waals surface area contributed by atoms with Crippen LogP contribution in [0, 0.1) is 0 Å². The lowest BCUT2D eigenvalue weighted by molar-refractivity contribution is 0.245. The number of thioether (sulfide) groups is 2. The molecule has 0 bridgehead atoms. The Balaban J connectivity index is 1.42. The summed E-state index contributed by atoms with van der Waals surface area (Å²) in [5.41, 5.74) is 0.911. The summed E-state index contributed by atoms with van der Waals surface area (Å²) in [7, 11) is 0. The Morgan fingerprint density at radius 3 is 2.46 bits per heavy atom. The maximum absolute atomic E-state index is 5.42. The fraction of sp³-hybridized carbons (Fsp3) is 0.562. The summed E-state index contributed by atoms with van der Waals surface area (Å²) < 4.78 is 5.42. The van der Waals surface area contributed by atoms with Crippen LogP contribution in [0.2, 0.25) is 0 Å². The van der Waals surface area contributed by atoms with Crippen molar-refractivity contribution in [2.24, 2.45) is 0 Å². The van der Waals surface area contributed by atoms with Crippen LogP contribution in [0.25, 0.3) is 11.4 Å². The van der Waals surface area contributed by atoms with E-state index in [4.69, 9.17) is 4.52 Å². The van der Waals surface area contributed by atoms with Crippen molar-refractivity contribution in [2.45, 2.75) is 6.54 Å². The van der Waals surface area contributed by atoms with E-state index in [-0.39, 0.29) is 0 Å². The first-order valence-corrected chi connectivity index (χ1v) is 10.6. The van der Waals surface area contributed by atoms with E-state index in [0.717, 1.165) is 44.1 Å². The van der Waals surface area contributed by atoms with Gasteiger partial charge in [0.15, 0.2) is 0 Å². The van der Waals surface area contributed by atoms with E-state index in [1.165, 1.54) is 23.0 Å². The largest absolute Gasteiger partial charge is 0.355 e. The molecule has 0 radical (unpaired) electrons. The molecule has 2 aromatic rings. The van der Waals surface area contributed by atoms with E-state index in [1.54, 1.807) is 0 Å². The molecule has 2 fully saturated rings. The molecule has 6 nitrogen and oxygen atoms in total. The van der Waals surface area contributed by atoms with Crippen molar-refractivity contribution >= 4 is 29.3 Å². The monoisotopic (exact) mass is 363 g/mol. The lowest BCUT2D eigenvalue weighted by atomic mass is 10.2. The summed E-state index contributed by atoms with van der Waals surface area (Å²) in [5, 5.41) is 4.12. The quantitative estimate of drug-likeness (QED) is 0.820. The zero-order valence-corrected chi connectivity index (χ0v) is 15.2. The van der Waals surface area contributed by atoms with Gasteiger partial charge in [0.2, 0.25) is 11.7 Å². The van der Waals surface area contributed by atoms with Crippen LogP contribution in [0.4, 0.5) is 5.82 Å². The van der Waals surface area contributed by atoms with E-state index in [9.17, 15) is 0 Å². The molecule has 0 aromatic carbocycles. The van der Waals surface area contributed by atoms with Crippen molar-refractivity contribution < 1.29 is 4.52 Å². The summed E-state index contributed by atoms with van der Waals surface area (Å²) in [5.74, 6) is 7.06. The Morgan fingerprint density at radius 2 is 1.75 bits per heavy atom. The maximum Gasteiger partial charge on any atom is 0.241 e. The molecule has 0 spiro atoms. The smallest absolute Gasteiger partial charge is 0.241 e. The number of hydrogen-bond donors (Lipinski definition) is 0. The topological polar surface area (TPSA) is 58.3 Å². The molecule has 8 heteroatoms. The number of anilines is 1. The third kappa shape index (κ3) is 3.87. The molecule has 24 heavy (non-hydrogen) atoms. The van der Waals surface area contributed by atoms with Crippen molar-refractivity contribution in [3.63, 3.8) is 0 Å². The van der Waals surface area contributed by atoms with Crippen LogP contribution in [0.5, 0.6) is 0 Å². The second kappa shape index (κ2) is 7.76. The normalized spacial score (nSPS) is 19.6. The van der Waals surface area contributed by atoms with Gasteiger partial charge < -0.3 is 9.42 Å². The summed E-state index contributed by atoms with van der Waals surface area (Å²) in [6.45, 7) is 5.05. The van der Waals surface area contributed by atoms with Gasteiger partial charge in [0.25, 0.3) is 0 Å². The fourth-order valence-electron chi connectivity index (χ4n) is 2.88. The highest BCUT2D eigenvalue weighted by Crippen LogP contribution is 2.21. The molecule has 128 valence electrons. The van der Waals surface area contributed by atoms with Crippen LogP contribution in [0.3, 0.4) is 0 Å². The second-order valence-electron chi connectivity index (χ2n) is 5.90. The molecule has 0 unspecified atom stereocenters. The number of hydrogen-bond acceptors (Lipinski definition) is 8. The standard InChI is InChI=1S/C16H21N5OS2/c1-2-14(21-5-9-24-10-6-21)17-11-13(1)16-18-15(22-19-16)12-20-3-7-23-8-4-20/h1-2,11H,3-10,12H2. The molecule has 4 heterocycles. The Bertz CT molecular complexity index is 651. The number of rotatable bonds is 4. The van der Waals surface area contributed by atoms with Crippen LogP contribution in [-0.4, -0.2) is 69.2 Å². The van der Waals surface area contributed by atoms with E-state index in [2.05, 4.69) is 31.0 Å². The molecule has 0 saturated carbocycles. The van der Waals surface area contributed by atoms with E-state index >= 15 is 0 Å². The van der Waals surface area contributed by atoms with Crippen molar-refractivity contribution in [3.8, 4) is 11.4 Å². The first-order chi connectivity index (χ1) is 11.9. The lowest BCUT2D eigenvalue weighted by Gasteiger charge is -2.27. The Kier molecular flexibility index (Phi) is 5.24. The Labute approximate surface area is 150 Å². The highest BCUT2D eigenvalue weighted by Gasteiger charge is 2.16. The SMILES string of the molecule is c1cc(N2CCSCC2)ncc1-c1noc(CN2CCSCC2)n1. The molecule has 0 amide bonds. The molecule has 0 aliphatic carbocycles. The van der Waals surface area contributed by atoms with E-state index in [1.807, 2.05) is 35.8 Å². The predicted octanol–water partition coefficient (Wildman–Crippen LogP) is 2.23. The Hall–Kier alpha value is -1.25. The van der Waals surface area contributed by atoms with Gasteiger partial charge in [0.05, 0.1) is 6.54 Å². The predicted molar refractivity (Wildman–Crippen MR) is 99.7 cm³/mol. The number of aromatic nitrogens is 3. The van der Waals surface area contributed by atoms with Crippen molar-refractivity contribution in [1.82, 2.24) is 20.0 Å². The van der Waals surface area contributed by atoms with Gasteiger partial charge in [-0.1, -0.05) is 5.16 Å². The minimum absolute atomic E-state index is 0.629. The Morgan fingerprint density at radius 1 is 1.00 bits per heavy atom. The summed E-state index contributed by atoms with van der Waals surface area (Å²) in [4.78, 5) is 13.8. The van der Waals surface area contributed by atoms with Gasteiger partial charge in [-0.3, -0.25) is 4.90 Å². The van der Waals surface area contributed by atoms with E-state index < -0.39 is 0 Å². The van der Waals surface area contributed by atoms with Crippen LogP contribution in [-0.2, 0) is 6.54 Å². The van der Waals surface area contributed by atoms with Crippen molar-refractivity contribution in [2.75, 3.05) is 54.1 Å². The molecule has 2 aliphatic heterocycles. The van der Waals surface area contributed by atoms with Gasteiger partial charge in [-0.15, -0.1) is 0 Å². The van der Waals surface area contributed by atoms with Gasteiger partial charge in [-0.25, -0.2) is 4.98 Å². The van der Waals surface area contributed by atoms with Crippen molar-refractivity contribution in [1.29, 1.82) is 0 Å². The van der Waals surface area contributed by atoms with Crippen LogP contribution >= 0.6 is 23.5 Å². The highest BCUT2D eigenvalue weighted by molar-refractivity contribution is 7.99. The minimum Gasteiger partial charge on any atom is -0.355 e. The first kappa shape index (κ1) is 16.2. The highest BCUT2D eigenvalue weighted by atomic mass is 32.2. The zero-order valence-electron chi connectivity index (χ0n) is 13.6. The van der Waals surface area contributed by atoms with Crippen LogP contribution in [0.15, 0.2) is 22.9 Å². The maximum atomic E-state index is 5.42. The summed E-state index contributed by atoms with van der Waals surface area (Å²) in [6.07, 6.45) is 1.85. The van der Waals surface area contributed by atoms with Gasteiger partial charge in [-0.05, 0) is 12.1 Å². The molecule has 4 rings (SSSR count). The molecule has 0 atom stereocenters. The molecular weight excluding hydrogens is 342 g/mol. The van der Waals surface area contributed by atoms with Crippen LogP contribution < -0.4 is 4.90 Å². The van der Waals surface area contributed by atoms with Crippen molar-refractivity contribution in [3.05, 3.63) is 24.2 Å². The zero-order chi connectivity index (χ0) is 16.2. The number of pyridine rings is 1. The molecule has 2 aromatic heterocycles. The molecule has 2 aliphatic rings. The third-order valence-electron chi connectivity index (χ3n) is 4.27.